The molecule has 7 aromatic rings. The molecular weight excluding hydrogens is 394 g/mol. The fourth-order valence-corrected chi connectivity index (χ4v) is 4.68. The second kappa shape index (κ2) is 6.49. The van der Waals surface area contributed by atoms with Gasteiger partial charge in [-0.2, -0.15) is 0 Å². The van der Waals surface area contributed by atoms with Gasteiger partial charge in [0.1, 0.15) is 22.5 Å². The van der Waals surface area contributed by atoms with E-state index in [9.17, 15) is 0 Å². The first-order valence-electron chi connectivity index (χ1n) is 10.6. The number of hydrogen-bond acceptors (Lipinski definition) is 3. The van der Waals surface area contributed by atoms with Crippen LogP contribution in [0.5, 0.6) is 0 Å². The molecule has 5 aromatic heterocycles. The summed E-state index contributed by atoms with van der Waals surface area (Å²) in [7, 11) is 0. The molecule has 0 radical (unpaired) electrons. The van der Waals surface area contributed by atoms with E-state index in [-0.39, 0.29) is 0 Å². The molecule has 0 amide bonds. The third kappa shape index (κ3) is 2.30. The van der Waals surface area contributed by atoms with Crippen molar-refractivity contribution < 1.29 is 0 Å². The van der Waals surface area contributed by atoms with Gasteiger partial charge in [-0.15, -0.1) is 0 Å². The van der Waals surface area contributed by atoms with Gasteiger partial charge in [-0.1, -0.05) is 42.5 Å². The molecule has 5 nitrogen and oxygen atoms in total. The first-order valence-corrected chi connectivity index (χ1v) is 10.6. The van der Waals surface area contributed by atoms with Crippen LogP contribution in [0.4, 0.5) is 0 Å². The third-order valence-electron chi connectivity index (χ3n) is 6.01. The fourth-order valence-electron chi connectivity index (χ4n) is 4.68. The molecular formula is C27H17N5. The summed E-state index contributed by atoms with van der Waals surface area (Å²) >= 11 is 0. The van der Waals surface area contributed by atoms with Gasteiger partial charge in [0.15, 0.2) is 0 Å². The maximum absolute atomic E-state index is 5.22. The number of benzene rings is 2. The summed E-state index contributed by atoms with van der Waals surface area (Å²) in [4.78, 5) is 14.5. The Hall–Kier alpha value is -4.51. The highest BCUT2D eigenvalue weighted by atomic mass is 15.1. The minimum absolute atomic E-state index is 0.855. The van der Waals surface area contributed by atoms with Crippen molar-refractivity contribution >= 4 is 44.0 Å². The van der Waals surface area contributed by atoms with Crippen LogP contribution in [0, 0.1) is 0 Å². The highest BCUT2D eigenvalue weighted by Crippen LogP contribution is 2.36. The number of rotatable bonds is 2. The molecule has 0 aliphatic heterocycles. The van der Waals surface area contributed by atoms with Crippen LogP contribution in [0.3, 0.4) is 0 Å². The topological polar surface area (TPSA) is 48.5 Å². The normalized spacial score (nSPS) is 11.8. The predicted molar refractivity (Wildman–Crippen MR) is 129 cm³/mol. The average molecular weight is 411 g/mol. The minimum Gasteiger partial charge on any atom is -0.294 e. The van der Waals surface area contributed by atoms with Crippen LogP contribution in [-0.4, -0.2) is 24.1 Å². The second-order valence-electron chi connectivity index (χ2n) is 7.81. The molecule has 0 saturated heterocycles. The van der Waals surface area contributed by atoms with Gasteiger partial charge >= 0.3 is 0 Å². The molecule has 5 heteroatoms. The summed E-state index contributed by atoms with van der Waals surface area (Å²) in [5.41, 5.74) is 6.90. The van der Waals surface area contributed by atoms with Crippen molar-refractivity contribution in [3.8, 4) is 11.5 Å². The van der Waals surface area contributed by atoms with E-state index in [1.807, 2.05) is 42.7 Å². The molecule has 32 heavy (non-hydrogen) atoms. The summed E-state index contributed by atoms with van der Waals surface area (Å²) in [6.45, 7) is 0. The Balaban J connectivity index is 1.71. The van der Waals surface area contributed by atoms with E-state index in [2.05, 4.69) is 74.8 Å². The lowest BCUT2D eigenvalue weighted by Crippen LogP contribution is -1.97. The lowest BCUT2D eigenvalue weighted by molar-refractivity contribution is 1.08. The number of nitrogens with zero attached hydrogens (tertiary/aromatic N) is 5. The van der Waals surface area contributed by atoms with E-state index in [0.717, 1.165) is 50.1 Å². The third-order valence-corrected chi connectivity index (χ3v) is 6.01. The van der Waals surface area contributed by atoms with Crippen molar-refractivity contribution in [2.24, 2.45) is 0 Å². The lowest BCUT2D eigenvalue weighted by atomic mass is 10.2. The van der Waals surface area contributed by atoms with E-state index >= 15 is 0 Å². The Morgan fingerprint density at radius 2 is 1.31 bits per heavy atom. The monoisotopic (exact) mass is 411 g/mol. The number of para-hydroxylation sites is 2. The van der Waals surface area contributed by atoms with Crippen LogP contribution < -0.4 is 0 Å². The van der Waals surface area contributed by atoms with Crippen LogP contribution in [0.15, 0.2) is 103 Å². The molecule has 7 rings (SSSR count). The second-order valence-corrected chi connectivity index (χ2v) is 7.81. The zero-order valence-electron chi connectivity index (χ0n) is 17.1. The van der Waals surface area contributed by atoms with E-state index in [0.29, 0.717) is 0 Å². The van der Waals surface area contributed by atoms with Crippen molar-refractivity contribution in [3.63, 3.8) is 0 Å². The van der Waals surface area contributed by atoms with Crippen LogP contribution in [-0.2, 0) is 0 Å². The van der Waals surface area contributed by atoms with E-state index in [1.54, 1.807) is 0 Å². The molecule has 0 saturated carbocycles. The zero-order chi connectivity index (χ0) is 21.1. The minimum atomic E-state index is 0.855. The van der Waals surface area contributed by atoms with Crippen LogP contribution in [0.2, 0.25) is 0 Å². The molecule has 0 atom stereocenters. The summed E-state index contributed by atoms with van der Waals surface area (Å²) in [5.74, 6) is 0.855. The van der Waals surface area contributed by atoms with Crippen LogP contribution >= 0.6 is 0 Å². The first-order chi connectivity index (χ1) is 15.9. The molecule has 0 N–H and O–H groups in total. The summed E-state index contributed by atoms with van der Waals surface area (Å²) in [5, 5.41) is 2.28. The molecule has 0 spiro atoms. The quantitative estimate of drug-likeness (QED) is 0.347. The van der Waals surface area contributed by atoms with Gasteiger partial charge in [0.2, 0.25) is 0 Å². The van der Waals surface area contributed by atoms with Gasteiger partial charge < -0.3 is 0 Å². The van der Waals surface area contributed by atoms with Gasteiger partial charge in [-0.25, -0.2) is 9.97 Å². The standard InChI is InChI=1S/C27H17N5/c1-2-9-18(10-3-1)31-21-12-5-4-11-19(21)20-17-23-26(30-27(20)31)25-22(13-8-16-29-25)32(23)24-14-6-7-15-28-24/h1-17H. The van der Waals surface area contributed by atoms with E-state index in [4.69, 9.17) is 9.97 Å². The van der Waals surface area contributed by atoms with Crippen molar-refractivity contribution in [3.05, 3.63) is 103 Å². The molecule has 5 heterocycles. The smallest absolute Gasteiger partial charge is 0.146 e. The van der Waals surface area contributed by atoms with Gasteiger partial charge in [-0.3, -0.25) is 14.1 Å². The first kappa shape index (κ1) is 17.2. The highest BCUT2D eigenvalue weighted by Gasteiger charge is 2.20. The van der Waals surface area contributed by atoms with Crippen molar-refractivity contribution in [2.45, 2.75) is 0 Å². The Kier molecular flexibility index (Phi) is 3.49. The van der Waals surface area contributed by atoms with Crippen LogP contribution in [0.1, 0.15) is 0 Å². The zero-order valence-corrected chi connectivity index (χ0v) is 17.1. The Morgan fingerprint density at radius 3 is 2.19 bits per heavy atom. The average Bonchev–Trinajstić information content (AvgIpc) is 3.36. The maximum Gasteiger partial charge on any atom is 0.146 e. The number of fused-ring (bicyclic) bond motifs is 6. The Labute approximate surface area is 183 Å². The van der Waals surface area contributed by atoms with Crippen molar-refractivity contribution in [2.75, 3.05) is 0 Å². The van der Waals surface area contributed by atoms with Crippen LogP contribution in [0.25, 0.3) is 55.5 Å². The van der Waals surface area contributed by atoms with Crippen molar-refractivity contribution in [1.29, 1.82) is 0 Å². The predicted octanol–water partition coefficient (Wildman–Crippen LogP) is 6.07. The maximum atomic E-state index is 5.22. The SMILES string of the molecule is c1ccc(-n2c3ccccc3c3cc4c(nc32)c2ncccc2n4-c2ccccn2)cc1. The number of hydrogen-bond donors (Lipinski definition) is 0. The summed E-state index contributed by atoms with van der Waals surface area (Å²) in [6, 6.07) is 31.1. The fraction of sp³-hybridized carbons (Fsp3) is 0. The summed E-state index contributed by atoms with van der Waals surface area (Å²) < 4.78 is 4.38. The van der Waals surface area contributed by atoms with Gasteiger partial charge in [0, 0.05) is 28.9 Å². The molecule has 0 fully saturated rings. The summed E-state index contributed by atoms with van der Waals surface area (Å²) in [6.07, 6.45) is 3.64. The largest absolute Gasteiger partial charge is 0.294 e. The lowest BCUT2D eigenvalue weighted by Gasteiger charge is -2.07. The molecule has 150 valence electrons. The van der Waals surface area contributed by atoms with Crippen molar-refractivity contribution in [1.82, 2.24) is 24.1 Å². The van der Waals surface area contributed by atoms with E-state index < -0.39 is 0 Å². The highest BCUT2D eigenvalue weighted by molar-refractivity contribution is 6.14. The van der Waals surface area contributed by atoms with Gasteiger partial charge in [0.05, 0.1) is 16.6 Å². The number of pyridine rings is 3. The molecule has 0 unspecified atom stereocenters. The molecule has 0 aliphatic rings. The molecule has 0 aliphatic carbocycles. The number of aromatic nitrogens is 5. The molecule has 0 bridgehead atoms. The van der Waals surface area contributed by atoms with Gasteiger partial charge in [-0.05, 0) is 48.5 Å². The Morgan fingerprint density at radius 1 is 0.531 bits per heavy atom. The van der Waals surface area contributed by atoms with E-state index in [1.165, 1.54) is 5.39 Å². The molecule has 2 aromatic carbocycles. The Bertz CT molecular complexity index is 1630. The van der Waals surface area contributed by atoms with Gasteiger partial charge in [0.25, 0.3) is 0 Å².